The van der Waals surface area contributed by atoms with E-state index in [1.165, 1.54) is 0 Å². The molecule has 2 aromatic heterocycles. The van der Waals surface area contributed by atoms with Gasteiger partial charge in [0.25, 0.3) is 5.91 Å². The maximum Gasteiger partial charge on any atom is 0.277 e. The number of hydrogen-bond acceptors (Lipinski definition) is 2. The Hall–Kier alpha value is -2.62. The molecule has 23 heavy (non-hydrogen) atoms. The molecule has 118 valence electrons. The second-order valence-electron chi connectivity index (χ2n) is 5.82. The highest BCUT2D eigenvalue weighted by Crippen LogP contribution is 2.22. The van der Waals surface area contributed by atoms with E-state index < -0.39 is 0 Å². The van der Waals surface area contributed by atoms with Crippen molar-refractivity contribution in [1.82, 2.24) is 9.38 Å². The summed E-state index contributed by atoms with van der Waals surface area (Å²) < 4.78 is 1.89. The van der Waals surface area contributed by atoms with E-state index in [-0.39, 0.29) is 5.91 Å². The number of pyridine rings is 1. The number of anilines is 1. The predicted molar refractivity (Wildman–Crippen MR) is 93.2 cm³/mol. The number of imidazole rings is 1. The molecular formula is C19H21N3O. The van der Waals surface area contributed by atoms with Crippen LogP contribution >= 0.6 is 0 Å². The zero-order valence-corrected chi connectivity index (χ0v) is 14.0. The van der Waals surface area contributed by atoms with Crippen molar-refractivity contribution in [3.63, 3.8) is 0 Å². The van der Waals surface area contributed by atoms with Crippen molar-refractivity contribution >= 4 is 17.2 Å². The lowest BCUT2D eigenvalue weighted by Gasteiger charge is -2.21. The van der Waals surface area contributed by atoms with Gasteiger partial charge in [-0.25, -0.2) is 4.98 Å². The van der Waals surface area contributed by atoms with Crippen molar-refractivity contribution in [2.45, 2.75) is 27.7 Å². The van der Waals surface area contributed by atoms with Gasteiger partial charge in [-0.15, -0.1) is 0 Å². The van der Waals surface area contributed by atoms with Gasteiger partial charge in [-0.05, 0) is 57.0 Å². The summed E-state index contributed by atoms with van der Waals surface area (Å²) in [6.45, 7) is 8.54. The number of benzene rings is 1. The molecule has 4 nitrogen and oxygen atoms in total. The van der Waals surface area contributed by atoms with Gasteiger partial charge >= 0.3 is 0 Å². The number of amides is 1. The minimum Gasteiger partial charge on any atom is -0.307 e. The third-order valence-corrected chi connectivity index (χ3v) is 4.10. The Balaban J connectivity index is 2.12. The van der Waals surface area contributed by atoms with E-state index in [2.05, 4.69) is 4.98 Å². The number of aryl methyl sites for hydroxylation is 3. The van der Waals surface area contributed by atoms with Crippen molar-refractivity contribution < 1.29 is 4.79 Å². The van der Waals surface area contributed by atoms with Crippen molar-refractivity contribution in [2.24, 2.45) is 0 Å². The molecular weight excluding hydrogens is 286 g/mol. The highest BCUT2D eigenvalue weighted by Gasteiger charge is 2.23. The fraction of sp³-hybridized carbons (Fsp3) is 0.263. The predicted octanol–water partition coefficient (Wildman–Crippen LogP) is 3.93. The highest BCUT2D eigenvalue weighted by molar-refractivity contribution is 6.06. The molecule has 1 aromatic carbocycles. The lowest BCUT2D eigenvalue weighted by atomic mass is 10.2. The molecule has 2 heterocycles. The number of hydrogen-bond donors (Lipinski definition) is 0. The van der Waals surface area contributed by atoms with Gasteiger partial charge in [0, 0.05) is 18.4 Å². The molecule has 0 saturated heterocycles. The third kappa shape index (κ3) is 2.61. The second-order valence-corrected chi connectivity index (χ2v) is 5.82. The summed E-state index contributed by atoms with van der Waals surface area (Å²) in [5.74, 6) is -0.0197. The molecule has 0 radical (unpaired) electrons. The van der Waals surface area contributed by atoms with Gasteiger partial charge in [0.15, 0.2) is 0 Å². The topological polar surface area (TPSA) is 37.6 Å². The van der Waals surface area contributed by atoms with Gasteiger partial charge in [-0.2, -0.15) is 0 Å². The van der Waals surface area contributed by atoms with Crippen molar-refractivity contribution in [2.75, 3.05) is 11.4 Å². The standard InChI is InChI=1S/C19H21N3O/c1-5-21(16-10-6-8-13(2)12-16)19(23)17-15(4)20-18-14(3)9-7-11-22(17)18/h6-12H,5H2,1-4H3. The summed E-state index contributed by atoms with van der Waals surface area (Å²) in [5.41, 5.74) is 5.35. The molecule has 3 rings (SSSR count). The number of carbonyl (C=O) groups excluding carboxylic acids is 1. The van der Waals surface area contributed by atoms with Crippen LogP contribution in [0.2, 0.25) is 0 Å². The Morgan fingerprint density at radius 3 is 2.65 bits per heavy atom. The average Bonchev–Trinajstić information content (AvgIpc) is 2.85. The third-order valence-electron chi connectivity index (χ3n) is 4.10. The summed E-state index contributed by atoms with van der Waals surface area (Å²) in [4.78, 5) is 19.5. The number of fused-ring (bicyclic) bond motifs is 1. The monoisotopic (exact) mass is 307 g/mol. The first kappa shape index (κ1) is 15.3. The van der Waals surface area contributed by atoms with Gasteiger partial charge in [-0.1, -0.05) is 18.2 Å². The molecule has 0 unspecified atom stereocenters. The Bertz CT molecular complexity index is 879. The Morgan fingerprint density at radius 2 is 1.96 bits per heavy atom. The number of carbonyl (C=O) groups is 1. The molecule has 0 saturated carbocycles. The Kier molecular flexibility index (Phi) is 3.90. The largest absolute Gasteiger partial charge is 0.307 e. The van der Waals surface area contributed by atoms with Crippen LogP contribution in [-0.4, -0.2) is 21.8 Å². The van der Waals surface area contributed by atoms with Crippen LogP contribution in [0, 0.1) is 20.8 Å². The maximum absolute atomic E-state index is 13.2. The van der Waals surface area contributed by atoms with Crippen LogP contribution in [0.1, 0.15) is 34.2 Å². The zero-order valence-electron chi connectivity index (χ0n) is 14.0. The summed E-state index contributed by atoms with van der Waals surface area (Å²) in [6.07, 6.45) is 1.90. The van der Waals surface area contributed by atoms with E-state index in [1.807, 2.05) is 74.7 Å². The highest BCUT2D eigenvalue weighted by atomic mass is 16.2. The van der Waals surface area contributed by atoms with Crippen LogP contribution < -0.4 is 4.90 Å². The van der Waals surface area contributed by atoms with Gasteiger partial charge in [-0.3, -0.25) is 9.20 Å². The number of rotatable bonds is 3. The van der Waals surface area contributed by atoms with Crippen LogP contribution in [0.15, 0.2) is 42.6 Å². The summed E-state index contributed by atoms with van der Waals surface area (Å²) in [7, 11) is 0. The Labute approximate surface area is 136 Å². The maximum atomic E-state index is 13.2. The molecule has 0 bridgehead atoms. The molecule has 0 aliphatic carbocycles. The summed E-state index contributed by atoms with van der Waals surface area (Å²) in [5, 5.41) is 0. The number of nitrogens with zero attached hydrogens (tertiary/aromatic N) is 3. The fourth-order valence-electron chi connectivity index (χ4n) is 2.94. The van der Waals surface area contributed by atoms with E-state index in [1.54, 1.807) is 4.90 Å². The SMILES string of the molecule is CCN(C(=O)c1c(C)nc2c(C)cccn12)c1cccc(C)c1. The number of aromatic nitrogens is 2. The molecule has 3 aromatic rings. The van der Waals surface area contributed by atoms with Gasteiger partial charge in [0.05, 0.1) is 5.69 Å². The van der Waals surface area contributed by atoms with Crippen LogP contribution in [0.4, 0.5) is 5.69 Å². The molecule has 0 fully saturated rings. The van der Waals surface area contributed by atoms with Gasteiger partial charge in [0.2, 0.25) is 0 Å². The zero-order chi connectivity index (χ0) is 16.6. The molecule has 0 aliphatic heterocycles. The van der Waals surface area contributed by atoms with Gasteiger partial charge in [0.1, 0.15) is 11.3 Å². The molecule has 0 aliphatic rings. The van der Waals surface area contributed by atoms with Crippen molar-refractivity contribution in [1.29, 1.82) is 0 Å². The van der Waals surface area contributed by atoms with E-state index in [0.29, 0.717) is 12.2 Å². The summed E-state index contributed by atoms with van der Waals surface area (Å²) in [6, 6.07) is 12.0. The van der Waals surface area contributed by atoms with Crippen LogP contribution in [0.3, 0.4) is 0 Å². The van der Waals surface area contributed by atoms with E-state index >= 15 is 0 Å². The first-order valence-corrected chi connectivity index (χ1v) is 7.85. The van der Waals surface area contributed by atoms with E-state index in [4.69, 9.17) is 0 Å². The van der Waals surface area contributed by atoms with Crippen LogP contribution in [-0.2, 0) is 0 Å². The minimum absolute atomic E-state index is 0.0197. The molecule has 0 spiro atoms. The lowest BCUT2D eigenvalue weighted by Crippen LogP contribution is -2.32. The molecule has 0 atom stereocenters. The normalized spacial score (nSPS) is 11.0. The van der Waals surface area contributed by atoms with Crippen molar-refractivity contribution in [3.8, 4) is 0 Å². The van der Waals surface area contributed by atoms with E-state index in [9.17, 15) is 4.79 Å². The fourth-order valence-corrected chi connectivity index (χ4v) is 2.94. The molecule has 4 heteroatoms. The Morgan fingerprint density at radius 1 is 1.17 bits per heavy atom. The first-order chi connectivity index (χ1) is 11.0. The second kappa shape index (κ2) is 5.88. The summed E-state index contributed by atoms with van der Waals surface area (Å²) >= 11 is 0. The van der Waals surface area contributed by atoms with Crippen LogP contribution in [0.25, 0.3) is 5.65 Å². The molecule has 1 amide bonds. The quantitative estimate of drug-likeness (QED) is 0.735. The smallest absolute Gasteiger partial charge is 0.277 e. The van der Waals surface area contributed by atoms with Crippen molar-refractivity contribution in [3.05, 3.63) is 65.1 Å². The minimum atomic E-state index is -0.0197. The lowest BCUT2D eigenvalue weighted by molar-refractivity contribution is 0.0982. The van der Waals surface area contributed by atoms with E-state index in [0.717, 1.165) is 28.2 Å². The first-order valence-electron chi connectivity index (χ1n) is 7.85. The molecule has 0 N–H and O–H groups in total. The van der Waals surface area contributed by atoms with Crippen LogP contribution in [0.5, 0.6) is 0 Å². The van der Waals surface area contributed by atoms with Gasteiger partial charge < -0.3 is 4.90 Å². The average molecular weight is 307 g/mol.